The molecular weight excluding hydrogens is 439 g/mol. The van der Waals surface area contributed by atoms with Gasteiger partial charge in [0.25, 0.3) is 5.78 Å². The molecule has 1 fully saturated rings. The molecule has 7 heteroatoms. The van der Waals surface area contributed by atoms with Crippen LogP contribution in [0.1, 0.15) is 5.56 Å². The summed E-state index contributed by atoms with van der Waals surface area (Å²) < 4.78 is 0. The van der Waals surface area contributed by atoms with E-state index in [2.05, 4.69) is 5.32 Å². The fraction of sp³-hybridized carbons (Fsp3) is 0. The highest BCUT2D eigenvalue weighted by Crippen LogP contribution is 2.32. The summed E-state index contributed by atoms with van der Waals surface area (Å²) in [5, 5.41) is 4.35. The maximum absolute atomic E-state index is 13.0. The number of carbonyl (C=O) groups is 2. The lowest BCUT2D eigenvalue weighted by atomic mass is 10.0. The minimum atomic E-state index is -0.705. The first-order valence-electron chi connectivity index (χ1n) is 8.96. The monoisotopic (exact) mass is 452 g/mol. The summed E-state index contributed by atoms with van der Waals surface area (Å²) in [4.78, 5) is 27.2. The van der Waals surface area contributed by atoms with Crippen LogP contribution in [-0.4, -0.2) is 16.7 Å². The van der Waals surface area contributed by atoms with Gasteiger partial charge in [-0.1, -0.05) is 65.8 Å². The average Bonchev–Trinajstić information content (AvgIpc) is 2.98. The third-order valence-corrected chi connectivity index (χ3v) is 5.44. The number of benzene rings is 3. The molecule has 0 spiro atoms. The van der Waals surface area contributed by atoms with Crippen molar-refractivity contribution in [3.05, 3.63) is 100 Å². The Bertz CT molecular complexity index is 1170. The number of Topliss-reactive ketones (excluding diaryl/α,β-unsaturated/α-hetero) is 1. The van der Waals surface area contributed by atoms with Gasteiger partial charge in [0.2, 0.25) is 0 Å². The molecule has 30 heavy (non-hydrogen) atoms. The number of ketones is 1. The van der Waals surface area contributed by atoms with Gasteiger partial charge in [-0.3, -0.25) is 14.5 Å². The lowest BCUT2D eigenvalue weighted by Crippen LogP contribution is -2.29. The van der Waals surface area contributed by atoms with Crippen LogP contribution in [0.2, 0.25) is 10.0 Å². The molecule has 0 bridgehead atoms. The Morgan fingerprint density at radius 2 is 1.37 bits per heavy atom. The Labute approximate surface area is 188 Å². The molecule has 0 aliphatic carbocycles. The topological polar surface area (TPSA) is 49.4 Å². The van der Waals surface area contributed by atoms with Gasteiger partial charge in [0.15, 0.2) is 0 Å². The summed E-state index contributed by atoms with van der Waals surface area (Å²) in [6.45, 7) is 0. The molecule has 3 aromatic rings. The van der Waals surface area contributed by atoms with E-state index < -0.39 is 11.7 Å². The number of rotatable bonds is 4. The summed E-state index contributed by atoms with van der Waals surface area (Å²) in [5.74, 6) is -1.38. The zero-order valence-corrected chi connectivity index (χ0v) is 17.8. The molecule has 0 saturated carbocycles. The largest absolute Gasteiger partial charge is 0.354 e. The highest BCUT2D eigenvalue weighted by atomic mass is 35.5. The SMILES string of the molecule is O=C1C(=O)N(c2ccc(Cl)cc2)C(=S)C1=C(Nc1ccc(Cl)cc1)c1ccccc1. The predicted molar refractivity (Wildman–Crippen MR) is 125 cm³/mol. The van der Waals surface area contributed by atoms with Crippen LogP contribution in [0.4, 0.5) is 11.4 Å². The lowest BCUT2D eigenvalue weighted by Gasteiger charge is -2.17. The van der Waals surface area contributed by atoms with Gasteiger partial charge in [-0.15, -0.1) is 0 Å². The number of hydrogen-bond donors (Lipinski definition) is 1. The third kappa shape index (κ3) is 3.87. The minimum Gasteiger partial charge on any atom is -0.354 e. The summed E-state index contributed by atoms with van der Waals surface area (Å²) in [6, 6.07) is 22.9. The maximum atomic E-state index is 13.0. The van der Waals surface area contributed by atoms with Gasteiger partial charge in [0, 0.05) is 15.7 Å². The molecule has 0 atom stereocenters. The molecular formula is C23H14Cl2N2O2S. The fourth-order valence-electron chi connectivity index (χ4n) is 3.12. The van der Waals surface area contributed by atoms with E-state index in [9.17, 15) is 9.59 Å². The molecule has 1 N–H and O–H groups in total. The summed E-state index contributed by atoms with van der Waals surface area (Å²) >= 11 is 17.5. The van der Waals surface area contributed by atoms with Crippen molar-refractivity contribution in [3.8, 4) is 0 Å². The molecule has 0 unspecified atom stereocenters. The highest BCUT2D eigenvalue weighted by Gasteiger charge is 2.42. The van der Waals surface area contributed by atoms with Gasteiger partial charge in [0.05, 0.1) is 17.0 Å². The molecule has 1 saturated heterocycles. The Hall–Kier alpha value is -2.99. The van der Waals surface area contributed by atoms with E-state index in [1.807, 2.05) is 30.3 Å². The number of nitrogens with one attached hydrogen (secondary N) is 1. The molecule has 1 amide bonds. The van der Waals surface area contributed by atoms with Gasteiger partial charge in [-0.25, -0.2) is 0 Å². The molecule has 4 rings (SSSR count). The van der Waals surface area contributed by atoms with E-state index in [4.69, 9.17) is 35.4 Å². The Morgan fingerprint density at radius 1 is 0.800 bits per heavy atom. The van der Waals surface area contributed by atoms with Crippen molar-refractivity contribution >= 4 is 69.2 Å². The Balaban J connectivity index is 1.84. The average molecular weight is 453 g/mol. The van der Waals surface area contributed by atoms with Crippen LogP contribution in [0, 0.1) is 0 Å². The number of nitrogens with zero attached hydrogens (tertiary/aromatic N) is 1. The number of amides is 1. The van der Waals surface area contributed by atoms with Crippen LogP contribution in [0.5, 0.6) is 0 Å². The second kappa shape index (κ2) is 8.40. The second-order valence-electron chi connectivity index (χ2n) is 6.50. The van der Waals surface area contributed by atoms with Crippen LogP contribution in [0.3, 0.4) is 0 Å². The number of thiocarbonyl (C=S) groups is 1. The van der Waals surface area contributed by atoms with Gasteiger partial charge >= 0.3 is 5.91 Å². The standard InChI is InChI=1S/C23H14Cl2N2O2S/c24-15-6-10-17(11-7-15)26-20(14-4-2-1-3-5-14)19-21(28)22(29)27(23(19)30)18-12-8-16(25)9-13-18/h1-13,26H. The molecule has 4 nitrogen and oxygen atoms in total. The summed E-state index contributed by atoms with van der Waals surface area (Å²) in [6.07, 6.45) is 0. The first-order chi connectivity index (χ1) is 14.5. The second-order valence-corrected chi connectivity index (χ2v) is 7.76. The number of anilines is 2. The molecule has 1 heterocycles. The van der Waals surface area contributed by atoms with Crippen molar-refractivity contribution in [1.29, 1.82) is 0 Å². The Kier molecular flexibility index (Phi) is 5.68. The van der Waals surface area contributed by atoms with Crippen molar-refractivity contribution in [2.45, 2.75) is 0 Å². The first kappa shape index (κ1) is 20.3. The minimum absolute atomic E-state index is 0.132. The normalized spacial score (nSPS) is 15.5. The van der Waals surface area contributed by atoms with Gasteiger partial charge in [0.1, 0.15) is 4.99 Å². The van der Waals surface area contributed by atoms with E-state index in [1.165, 1.54) is 4.90 Å². The van der Waals surface area contributed by atoms with Crippen molar-refractivity contribution in [2.75, 3.05) is 10.2 Å². The molecule has 1 aliphatic heterocycles. The van der Waals surface area contributed by atoms with Crippen molar-refractivity contribution in [2.24, 2.45) is 0 Å². The van der Waals surface area contributed by atoms with Gasteiger partial charge in [-0.05, 0) is 54.1 Å². The zero-order chi connectivity index (χ0) is 21.3. The zero-order valence-electron chi connectivity index (χ0n) is 15.4. The summed E-state index contributed by atoms with van der Waals surface area (Å²) in [5.41, 5.74) is 2.52. The van der Waals surface area contributed by atoms with Crippen LogP contribution < -0.4 is 10.2 Å². The van der Waals surface area contributed by atoms with E-state index in [1.54, 1.807) is 48.5 Å². The predicted octanol–water partition coefficient (Wildman–Crippen LogP) is 5.76. The molecule has 0 aromatic heterocycles. The van der Waals surface area contributed by atoms with E-state index in [0.717, 1.165) is 5.56 Å². The quantitative estimate of drug-likeness (QED) is 0.310. The number of halogens is 2. The number of hydrogen-bond acceptors (Lipinski definition) is 4. The summed E-state index contributed by atoms with van der Waals surface area (Å²) in [7, 11) is 0. The molecule has 1 aliphatic rings. The first-order valence-corrected chi connectivity index (χ1v) is 10.1. The number of carbonyl (C=O) groups excluding carboxylic acids is 2. The third-order valence-electron chi connectivity index (χ3n) is 4.55. The molecule has 148 valence electrons. The lowest BCUT2D eigenvalue weighted by molar-refractivity contribution is -0.132. The van der Waals surface area contributed by atoms with Crippen LogP contribution in [-0.2, 0) is 9.59 Å². The Morgan fingerprint density at radius 3 is 1.97 bits per heavy atom. The molecule has 0 radical (unpaired) electrons. The van der Waals surface area contributed by atoms with Crippen molar-refractivity contribution in [1.82, 2.24) is 0 Å². The fourth-order valence-corrected chi connectivity index (χ4v) is 3.75. The van der Waals surface area contributed by atoms with Gasteiger partial charge < -0.3 is 5.32 Å². The molecule has 3 aromatic carbocycles. The van der Waals surface area contributed by atoms with Crippen LogP contribution in [0.15, 0.2) is 84.4 Å². The van der Waals surface area contributed by atoms with Crippen molar-refractivity contribution in [3.63, 3.8) is 0 Å². The van der Waals surface area contributed by atoms with E-state index in [0.29, 0.717) is 27.1 Å². The van der Waals surface area contributed by atoms with E-state index >= 15 is 0 Å². The maximum Gasteiger partial charge on any atom is 0.304 e. The van der Waals surface area contributed by atoms with Crippen LogP contribution in [0.25, 0.3) is 5.70 Å². The van der Waals surface area contributed by atoms with Gasteiger partial charge in [-0.2, -0.15) is 0 Å². The van der Waals surface area contributed by atoms with Crippen molar-refractivity contribution < 1.29 is 9.59 Å². The highest BCUT2D eigenvalue weighted by molar-refractivity contribution is 7.81. The smallest absolute Gasteiger partial charge is 0.304 e. The van der Waals surface area contributed by atoms with Crippen LogP contribution >= 0.6 is 35.4 Å². The van der Waals surface area contributed by atoms with E-state index in [-0.39, 0.29) is 10.6 Å².